The van der Waals surface area contributed by atoms with E-state index in [-0.39, 0.29) is 37.2 Å². The number of hydrogen-bond donors (Lipinski definition) is 2. The number of carbonyl (C=O) groups excluding carboxylic acids is 2. The second-order valence-corrected chi connectivity index (χ2v) is 5.06. The molecular formula is C15H20ClNO4. The highest BCUT2D eigenvalue weighted by Crippen LogP contribution is 2.24. The van der Waals surface area contributed by atoms with Gasteiger partial charge in [0.1, 0.15) is 5.75 Å². The van der Waals surface area contributed by atoms with Gasteiger partial charge in [0, 0.05) is 17.9 Å². The Hall–Kier alpha value is -1.59. The Morgan fingerprint density at radius 1 is 1.38 bits per heavy atom. The van der Waals surface area contributed by atoms with Crippen LogP contribution < -0.4 is 10.1 Å². The highest BCUT2D eigenvalue weighted by Gasteiger charge is 2.16. The van der Waals surface area contributed by atoms with Gasteiger partial charge in [0.2, 0.25) is 5.91 Å². The molecule has 6 heteroatoms. The van der Waals surface area contributed by atoms with E-state index in [0.29, 0.717) is 22.8 Å². The lowest BCUT2D eigenvalue weighted by Gasteiger charge is -2.14. The number of carbonyl (C=O) groups is 2. The zero-order valence-corrected chi connectivity index (χ0v) is 12.9. The average Bonchev–Trinajstić information content (AvgIpc) is 2.50. The molecule has 5 nitrogen and oxygen atoms in total. The van der Waals surface area contributed by atoms with Gasteiger partial charge in [-0.15, -0.1) is 0 Å². The van der Waals surface area contributed by atoms with Crippen LogP contribution in [0.4, 0.5) is 0 Å². The average molecular weight is 314 g/mol. The first-order chi connectivity index (χ1) is 10.0. The highest BCUT2D eigenvalue weighted by atomic mass is 35.5. The third kappa shape index (κ3) is 5.36. The second kappa shape index (κ2) is 8.64. The van der Waals surface area contributed by atoms with Crippen LogP contribution in [0.5, 0.6) is 5.75 Å². The number of Topliss-reactive ketones (excluding diaryl/α,β-unsaturated/α-hetero) is 1. The summed E-state index contributed by atoms with van der Waals surface area (Å²) >= 11 is 5.87. The van der Waals surface area contributed by atoms with E-state index >= 15 is 0 Å². The summed E-state index contributed by atoms with van der Waals surface area (Å²) in [6, 6.07) is 4.52. The number of halogens is 1. The van der Waals surface area contributed by atoms with Crippen LogP contribution in [0.25, 0.3) is 0 Å². The zero-order chi connectivity index (χ0) is 15.8. The summed E-state index contributed by atoms with van der Waals surface area (Å²) in [5.74, 6) is -0.0293. The molecule has 1 unspecified atom stereocenters. The Morgan fingerprint density at radius 3 is 2.67 bits per heavy atom. The minimum Gasteiger partial charge on any atom is -0.496 e. The third-order valence-corrected chi connectivity index (χ3v) is 3.35. The minimum atomic E-state index is -0.270. The number of ketones is 1. The van der Waals surface area contributed by atoms with Gasteiger partial charge in [0.15, 0.2) is 5.78 Å². The molecular weight excluding hydrogens is 294 g/mol. The van der Waals surface area contributed by atoms with Crippen molar-refractivity contribution in [1.29, 1.82) is 0 Å². The van der Waals surface area contributed by atoms with Gasteiger partial charge in [-0.3, -0.25) is 9.59 Å². The Bertz CT molecular complexity index is 500. The van der Waals surface area contributed by atoms with Crippen molar-refractivity contribution in [3.05, 3.63) is 28.8 Å². The minimum absolute atomic E-state index is 0.0599. The molecule has 0 aliphatic heterocycles. The molecule has 1 amide bonds. The van der Waals surface area contributed by atoms with E-state index in [0.717, 1.165) is 0 Å². The van der Waals surface area contributed by atoms with Crippen LogP contribution in [0.3, 0.4) is 0 Å². The smallest absolute Gasteiger partial charge is 0.220 e. The first-order valence-corrected chi connectivity index (χ1v) is 7.16. The molecule has 21 heavy (non-hydrogen) atoms. The van der Waals surface area contributed by atoms with Crippen LogP contribution in [0.1, 0.15) is 36.5 Å². The molecule has 0 bridgehead atoms. The van der Waals surface area contributed by atoms with Crippen LogP contribution in [-0.2, 0) is 4.79 Å². The largest absolute Gasteiger partial charge is 0.496 e. The van der Waals surface area contributed by atoms with E-state index < -0.39 is 0 Å². The van der Waals surface area contributed by atoms with Crippen LogP contribution in [0.2, 0.25) is 5.02 Å². The molecule has 0 radical (unpaired) electrons. The summed E-state index contributed by atoms with van der Waals surface area (Å²) < 4.78 is 5.11. The van der Waals surface area contributed by atoms with Crippen LogP contribution >= 0.6 is 11.6 Å². The van der Waals surface area contributed by atoms with Crippen molar-refractivity contribution < 1.29 is 19.4 Å². The molecule has 1 aromatic carbocycles. The summed E-state index contributed by atoms with van der Waals surface area (Å²) in [6.07, 6.45) is 0.758. The molecule has 0 aliphatic rings. The molecule has 116 valence electrons. The number of rotatable bonds is 8. The van der Waals surface area contributed by atoms with E-state index in [9.17, 15) is 9.59 Å². The summed E-state index contributed by atoms with van der Waals surface area (Å²) in [6.45, 7) is 1.75. The van der Waals surface area contributed by atoms with Crippen LogP contribution in [-0.4, -0.2) is 36.6 Å². The predicted octanol–water partition coefficient (Wildman–Crippen LogP) is 2.20. The summed E-state index contributed by atoms with van der Waals surface area (Å²) in [7, 11) is 1.47. The lowest BCUT2D eigenvalue weighted by atomic mass is 10.0. The standard InChI is InChI=1S/C15H20ClNO4/c1-3-11(9-18)17-15(20)7-5-13(19)12-8-10(16)4-6-14(12)21-2/h4,6,8,11,18H,3,5,7,9H2,1-2H3,(H,17,20). The Balaban J connectivity index is 2.62. The van der Waals surface area contributed by atoms with E-state index in [1.54, 1.807) is 12.1 Å². The fourth-order valence-corrected chi connectivity index (χ4v) is 2.01. The maximum atomic E-state index is 12.1. The quantitative estimate of drug-likeness (QED) is 0.721. The second-order valence-electron chi connectivity index (χ2n) is 4.62. The lowest BCUT2D eigenvalue weighted by molar-refractivity contribution is -0.122. The highest BCUT2D eigenvalue weighted by molar-refractivity contribution is 6.31. The zero-order valence-electron chi connectivity index (χ0n) is 12.2. The first kappa shape index (κ1) is 17.5. The Labute approximate surface area is 129 Å². The van der Waals surface area contributed by atoms with Crippen molar-refractivity contribution in [1.82, 2.24) is 5.32 Å². The Kier molecular flexibility index (Phi) is 7.19. The molecule has 0 heterocycles. The molecule has 0 aromatic heterocycles. The molecule has 2 N–H and O–H groups in total. The van der Waals surface area contributed by atoms with Gasteiger partial charge in [0.25, 0.3) is 0 Å². The van der Waals surface area contributed by atoms with Gasteiger partial charge in [-0.2, -0.15) is 0 Å². The number of nitrogens with one attached hydrogen (secondary N) is 1. The number of aliphatic hydroxyl groups excluding tert-OH is 1. The van der Waals surface area contributed by atoms with Gasteiger partial charge in [-0.25, -0.2) is 0 Å². The monoisotopic (exact) mass is 313 g/mol. The SMILES string of the molecule is CCC(CO)NC(=O)CCC(=O)c1cc(Cl)ccc1OC. The molecule has 1 aromatic rings. The normalized spacial score (nSPS) is 11.8. The summed E-state index contributed by atoms with van der Waals surface area (Å²) in [4.78, 5) is 23.8. The maximum absolute atomic E-state index is 12.1. The number of amides is 1. The van der Waals surface area contributed by atoms with E-state index in [1.165, 1.54) is 13.2 Å². The van der Waals surface area contributed by atoms with Crippen molar-refractivity contribution >= 4 is 23.3 Å². The van der Waals surface area contributed by atoms with Crippen LogP contribution in [0, 0.1) is 0 Å². The summed E-state index contributed by atoms with van der Waals surface area (Å²) in [5, 5.41) is 12.1. The van der Waals surface area contributed by atoms with Crippen molar-refractivity contribution in [2.75, 3.05) is 13.7 Å². The van der Waals surface area contributed by atoms with E-state index in [4.69, 9.17) is 21.4 Å². The molecule has 0 aliphatic carbocycles. The fraction of sp³-hybridized carbons (Fsp3) is 0.467. The molecule has 0 saturated carbocycles. The molecule has 0 spiro atoms. The van der Waals surface area contributed by atoms with Crippen molar-refractivity contribution in [3.63, 3.8) is 0 Å². The number of aliphatic hydroxyl groups is 1. The third-order valence-electron chi connectivity index (χ3n) is 3.12. The predicted molar refractivity (Wildman–Crippen MR) is 80.9 cm³/mol. The maximum Gasteiger partial charge on any atom is 0.220 e. The van der Waals surface area contributed by atoms with Gasteiger partial charge in [-0.05, 0) is 24.6 Å². The Morgan fingerprint density at radius 2 is 2.10 bits per heavy atom. The van der Waals surface area contributed by atoms with Gasteiger partial charge >= 0.3 is 0 Å². The molecule has 0 saturated heterocycles. The molecule has 1 rings (SSSR count). The van der Waals surface area contributed by atoms with E-state index in [1.807, 2.05) is 6.92 Å². The van der Waals surface area contributed by atoms with Crippen molar-refractivity contribution in [2.24, 2.45) is 0 Å². The topological polar surface area (TPSA) is 75.6 Å². The first-order valence-electron chi connectivity index (χ1n) is 6.78. The van der Waals surface area contributed by atoms with Crippen LogP contribution in [0.15, 0.2) is 18.2 Å². The number of ether oxygens (including phenoxy) is 1. The number of benzene rings is 1. The number of methoxy groups -OCH3 is 1. The molecule has 0 fully saturated rings. The fourth-order valence-electron chi connectivity index (χ4n) is 1.84. The van der Waals surface area contributed by atoms with Crippen molar-refractivity contribution in [2.45, 2.75) is 32.2 Å². The van der Waals surface area contributed by atoms with Crippen molar-refractivity contribution in [3.8, 4) is 5.75 Å². The van der Waals surface area contributed by atoms with Gasteiger partial charge in [-0.1, -0.05) is 18.5 Å². The van der Waals surface area contributed by atoms with Gasteiger partial charge < -0.3 is 15.2 Å². The molecule has 1 atom stereocenters. The van der Waals surface area contributed by atoms with E-state index in [2.05, 4.69) is 5.32 Å². The lowest BCUT2D eigenvalue weighted by Crippen LogP contribution is -2.37. The van der Waals surface area contributed by atoms with Gasteiger partial charge in [0.05, 0.1) is 25.3 Å². The summed E-state index contributed by atoms with van der Waals surface area (Å²) in [5.41, 5.74) is 0.368. The number of hydrogen-bond acceptors (Lipinski definition) is 4.